The molecule has 1 N–H and O–H groups in total. The fourth-order valence-corrected chi connectivity index (χ4v) is 1.06. The predicted octanol–water partition coefficient (Wildman–Crippen LogP) is 2.71. The van der Waals surface area contributed by atoms with Crippen molar-refractivity contribution in [3.63, 3.8) is 0 Å². The molecule has 1 rings (SSSR count). The van der Waals surface area contributed by atoms with Gasteiger partial charge in [0, 0.05) is 24.3 Å². The van der Waals surface area contributed by atoms with E-state index in [9.17, 15) is 9.59 Å². The fraction of sp³-hybridized carbons (Fsp3) is 0.200. The summed E-state index contributed by atoms with van der Waals surface area (Å²) in [5, 5.41) is 7.60. The van der Waals surface area contributed by atoms with Crippen LogP contribution in [-0.4, -0.2) is 24.2 Å². The van der Waals surface area contributed by atoms with E-state index in [2.05, 4.69) is 13.2 Å². The van der Waals surface area contributed by atoms with Gasteiger partial charge in [-0.15, -0.1) is 0 Å². The molecule has 0 saturated carbocycles. The third-order valence-electron chi connectivity index (χ3n) is 2.02. The minimum absolute atomic E-state index is 0.355. The molecule has 0 amide bonds. The highest BCUT2D eigenvalue weighted by molar-refractivity contribution is 5.87. The van der Waals surface area contributed by atoms with Crippen molar-refractivity contribution in [1.82, 2.24) is 0 Å². The summed E-state index contributed by atoms with van der Waals surface area (Å²) in [6.45, 7) is 8.06. The summed E-state index contributed by atoms with van der Waals surface area (Å²) in [5.41, 5.74) is 1.16. The Morgan fingerprint density at radius 2 is 1.80 bits per heavy atom. The van der Waals surface area contributed by atoms with Crippen molar-refractivity contribution < 1.29 is 24.2 Å². The lowest BCUT2D eigenvalue weighted by Crippen LogP contribution is -2.13. The Hall–Kier alpha value is -2.40. The van der Waals surface area contributed by atoms with Crippen LogP contribution in [0.15, 0.2) is 55.1 Å². The van der Waals surface area contributed by atoms with Crippen molar-refractivity contribution in [2.75, 3.05) is 7.11 Å². The summed E-state index contributed by atoms with van der Waals surface area (Å²) >= 11 is 0. The summed E-state index contributed by atoms with van der Waals surface area (Å²) < 4.78 is 10.2. The van der Waals surface area contributed by atoms with Crippen molar-refractivity contribution in [2.24, 2.45) is 0 Å². The van der Waals surface area contributed by atoms with Gasteiger partial charge in [0.2, 0.25) is 6.29 Å². The van der Waals surface area contributed by atoms with Gasteiger partial charge in [-0.25, -0.2) is 9.59 Å². The van der Waals surface area contributed by atoms with E-state index >= 15 is 0 Å². The number of ether oxygens (including phenoxy) is 2. The second-order valence-corrected chi connectivity index (χ2v) is 3.71. The second kappa shape index (κ2) is 9.52. The molecule has 1 aromatic carbocycles. The Balaban J connectivity index is 0.000000621. The first-order chi connectivity index (χ1) is 9.42. The molecule has 0 radical (unpaired) electrons. The summed E-state index contributed by atoms with van der Waals surface area (Å²) in [5.74, 6) is -1.43. The lowest BCUT2D eigenvalue weighted by atomic mass is 10.2. The van der Waals surface area contributed by atoms with E-state index in [1.165, 1.54) is 7.11 Å². The van der Waals surface area contributed by atoms with Crippen molar-refractivity contribution in [2.45, 2.75) is 13.2 Å². The van der Waals surface area contributed by atoms with Crippen molar-refractivity contribution in [3.05, 3.63) is 60.7 Å². The Labute approximate surface area is 118 Å². The Bertz CT molecular complexity index is 464. The van der Waals surface area contributed by atoms with Crippen LogP contribution >= 0.6 is 0 Å². The first-order valence-corrected chi connectivity index (χ1v) is 5.72. The molecule has 108 valence electrons. The smallest absolute Gasteiger partial charge is 0.335 e. The SMILES string of the molecule is C=C(C)C(=O)OC(OC)c1ccccc1.C=CC(=O)O. The standard InChI is InChI=1S/C12H14O3.C3H4O2/c1-9(2)11(13)15-12(14-3)10-7-5-4-6-8-10;1-2-3(4)5/h4-8,12H,1H2,2-3H3;2H,1H2,(H,4,5). The number of carbonyl (C=O) groups is 2. The number of rotatable bonds is 5. The van der Waals surface area contributed by atoms with E-state index in [4.69, 9.17) is 14.6 Å². The van der Waals surface area contributed by atoms with Gasteiger partial charge in [0.25, 0.3) is 0 Å². The molecule has 5 heteroatoms. The number of carboxylic acid groups (broad SMARTS) is 1. The van der Waals surface area contributed by atoms with Crippen LogP contribution in [0.4, 0.5) is 0 Å². The van der Waals surface area contributed by atoms with E-state index in [1.807, 2.05) is 30.3 Å². The highest BCUT2D eigenvalue weighted by atomic mass is 16.7. The maximum absolute atomic E-state index is 11.3. The molecule has 0 heterocycles. The van der Waals surface area contributed by atoms with Crippen LogP contribution in [-0.2, 0) is 19.1 Å². The van der Waals surface area contributed by atoms with Gasteiger partial charge in [-0.05, 0) is 6.92 Å². The van der Waals surface area contributed by atoms with Crippen LogP contribution in [0.2, 0.25) is 0 Å². The van der Waals surface area contributed by atoms with Gasteiger partial charge < -0.3 is 14.6 Å². The number of esters is 1. The quantitative estimate of drug-likeness (QED) is 0.509. The summed E-state index contributed by atoms with van der Waals surface area (Å²) in [6, 6.07) is 9.27. The van der Waals surface area contributed by atoms with Gasteiger partial charge in [-0.2, -0.15) is 0 Å². The van der Waals surface area contributed by atoms with Crippen LogP contribution in [0.25, 0.3) is 0 Å². The van der Waals surface area contributed by atoms with Crippen molar-refractivity contribution in [3.8, 4) is 0 Å². The lowest BCUT2D eigenvalue weighted by Gasteiger charge is -2.16. The van der Waals surface area contributed by atoms with E-state index in [1.54, 1.807) is 6.92 Å². The molecule has 0 aliphatic carbocycles. The number of methoxy groups -OCH3 is 1. The minimum atomic E-state index is -0.981. The number of carbonyl (C=O) groups excluding carboxylic acids is 1. The fourth-order valence-electron chi connectivity index (χ4n) is 1.06. The van der Waals surface area contributed by atoms with E-state index in [0.29, 0.717) is 5.57 Å². The third-order valence-corrected chi connectivity index (χ3v) is 2.02. The van der Waals surface area contributed by atoms with Crippen LogP contribution in [0.3, 0.4) is 0 Å². The van der Waals surface area contributed by atoms with Gasteiger partial charge in [0.15, 0.2) is 0 Å². The molecule has 0 aromatic heterocycles. The molecule has 1 aromatic rings. The van der Waals surface area contributed by atoms with Gasteiger partial charge in [0.05, 0.1) is 0 Å². The van der Waals surface area contributed by atoms with Crippen LogP contribution < -0.4 is 0 Å². The molecule has 20 heavy (non-hydrogen) atoms. The predicted molar refractivity (Wildman–Crippen MR) is 74.9 cm³/mol. The first kappa shape index (κ1) is 17.6. The van der Waals surface area contributed by atoms with E-state index in [0.717, 1.165) is 11.6 Å². The normalized spacial score (nSPS) is 10.5. The minimum Gasteiger partial charge on any atom is -0.478 e. The number of hydrogen-bond acceptors (Lipinski definition) is 4. The monoisotopic (exact) mass is 278 g/mol. The number of aliphatic carboxylic acids is 1. The van der Waals surface area contributed by atoms with Crippen LogP contribution in [0.5, 0.6) is 0 Å². The van der Waals surface area contributed by atoms with Crippen LogP contribution in [0, 0.1) is 0 Å². The maximum atomic E-state index is 11.3. The van der Waals surface area contributed by atoms with Gasteiger partial charge in [0.1, 0.15) is 0 Å². The molecule has 5 nitrogen and oxygen atoms in total. The van der Waals surface area contributed by atoms with E-state index in [-0.39, 0.29) is 0 Å². The molecule has 0 spiro atoms. The van der Waals surface area contributed by atoms with Crippen LogP contribution in [0.1, 0.15) is 18.8 Å². The number of hydrogen-bond donors (Lipinski definition) is 1. The summed E-state index contributed by atoms with van der Waals surface area (Å²) in [7, 11) is 1.49. The zero-order chi connectivity index (χ0) is 15.5. The number of carboxylic acids is 1. The van der Waals surface area contributed by atoms with Crippen molar-refractivity contribution >= 4 is 11.9 Å². The molecule has 1 atom stereocenters. The zero-order valence-electron chi connectivity index (χ0n) is 11.5. The molecule has 0 aliphatic rings. The average Bonchev–Trinajstić information content (AvgIpc) is 2.45. The summed E-state index contributed by atoms with van der Waals surface area (Å²) in [4.78, 5) is 20.5. The highest BCUT2D eigenvalue weighted by Gasteiger charge is 2.15. The largest absolute Gasteiger partial charge is 0.478 e. The maximum Gasteiger partial charge on any atom is 0.335 e. The molecule has 1 unspecified atom stereocenters. The molecule has 0 fully saturated rings. The second-order valence-electron chi connectivity index (χ2n) is 3.71. The molecular formula is C15H18O5. The summed E-state index contributed by atoms with van der Waals surface area (Å²) in [6.07, 6.45) is 0.162. The Kier molecular flexibility index (Phi) is 8.38. The van der Waals surface area contributed by atoms with Gasteiger partial charge >= 0.3 is 11.9 Å². The molecule has 0 saturated heterocycles. The zero-order valence-corrected chi connectivity index (χ0v) is 11.5. The number of benzene rings is 1. The van der Waals surface area contributed by atoms with E-state index < -0.39 is 18.2 Å². The Morgan fingerprint density at radius 1 is 1.30 bits per heavy atom. The highest BCUT2D eigenvalue weighted by Crippen LogP contribution is 2.18. The third kappa shape index (κ3) is 7.13. The Morgan fingerprint density at radius 3 is 2.15 bits per heavy atom. The molecular weight excluding hydrogens is 260 g/mol. The first-order valence-electron chi connectivity index (χ1n) is 5.72. The molecule has 0 bridgehead atoms. The van der Waals surface area contributed by atoms with Gasteiger partial charge in [-0.3, -0.25) is 0 Å². The average molecular weight is 278 g/mol. The van der Waals surface area contributed by atoms with Gasteiger partial charge in [-0.1, -0.05) is 43.5 Å². The lowest BCUT2D eigenvalue weighted by molar-refractivity contribution is -0.170. The molecule has 0 aliphatic heterocycles. The topological polar surface area (TPSA) is 72.8 Å². The van der Waals surface area contributed by atoms with Crippen molar-refractivity contribution in [1.29, 1.82) is 0 Å².